The highest BCUT2D eigenvalue weighted by molar-refractivity contribution is 7.98. The number of benzene rings is 2. The second-order valence-electron chi connectivity index (χ2n) is 4.59. The predicted octanol–water partition coefficient (Wildman–Crippen LogP) is 4.56. The molecule has 0 saturated heterocycles. The van der Waals surface area contributed by atoms with Gasteiger partial charge in [0.25, 0.3) is 0 Å². The highest BCUT2D eigenvalue weighted by atomic mass is 35.5. The monoisotopic (exact) mass is 304 g/mol. The molecule has 0 amide bonds. The molecule has 0 aliphatic heterocycles. The minimum absolute atomic E-state index is 0. The first kappa shape index (κ1) is 14.9. The van der Waals surface area contributed by atoms with E-state index in [-0.39, 0.29) is 12.4 Å². The number of rotatable bonds is 4. The lowest BCUT2D eigenvalue weighted by atomic mass is 10.0. The van der Waals surface area contributed by atoms with E-state index in [0.717, 1.165) is 6.54 Å². The van der Waals surface area contributed by atoms with Crippen LogP contribution >= 0.6 is 24.2 Å². The number of fused-ring (bicyclic) bond motifs is 1. The van der Waals surface area contributed by atoms with Crippen LogP contribution in [0.25, 0.3) is 10.8 Å². The summed E-state index contributed by atoms with van der Waals surface area (Å²) >= 11 is 1.88. The van der Waals surface area contributed by atoms with Crippen LogP contribution < -0.4 is 0 Å². The van der Waals surface area contributed by atoms with Gasteiger partial charge >= 0.3 is 0 Å². The van der Waals surface area contributed by atoms with E-state index in [0.29, 0.717) is 5.25 Å². The molecule has 0 bridgehead atoms. The smallest absolute Gasteiger partial charge is 0.0946 e. The Bertz CT molecular complexity index is 667. The summed E-state index contributed by atoms with van der Waals surface area (Å²) in [6.07, 6.45) is 7.89. The second kappa shape index (κ2) is 6.82. The van der Waals surface area contributed by atoms with Crippen molar-refractivity contribution >= 4 is 34.9 Å². The highest BCUT2D eigenvalue weighted by Gasteiger charge is 2.11. The normalized spacial score (nSPS) is 12.1. The molecule has 3 aromatic rings. The molecule has 1 heterocycles. The van der Waals surface area contributed by atoms with Crippen molar-refractivity contribution in [1.82, 2.24) is 9.55 Å². The zero-order valence-electron chi connectivity index (χ0n) is 11.3. The molecule has 0 aliphatic carbocycles. The standard InChI is InChI=1S/C16H16N2S.ClH/c1-19-16(11-18-9-8-17-12-18)15-7-6-13-4-2-3-5-14(13)10-15;/h2-10,12,16H,11H2,1H3;1H. The van der Waals surface area contributed by atoms with Crippen LogP contribution in [0.4, 0.5) is 0 Å². The summed E-state index contributed by atoms with van der Waals surface area (Å²) in [6, 6.07) is 15.3. The topological polar surface area (TPSA) is 17.8 Å². The van der Waals surface area contributed by atoms with E-state index >= 15 is 0 Å². The van der Waals surface area contributed by atoms with E-state index in [1.807, 2.05) is 30.5 Å². The Hall–Kier alpha value is -1.45. The van der Waals surface area contributed by atoms with Crippen molar-refractivity contribution in [3.63, 3.8) is 0 Å². The van der Waals surface area contributed by atoms with Crippen molar-refractivity contribution < 1.29 is 0 Å². The fraction of sp³-hybridized carbons (Fsp3) is 0.188. The van der Waals surface area contributed by atoms with E-state index in [2.05, 4.69) is 58.3 Å². The second-order valence-corrected chi connectivity index (χ2v) is 5.63. The van der Waals surface area contributed by atoms with Crippen LogP contribution in [-0.2, 0) is 6.54 Å². The molecule has 4 heteroatoms. The Morgan fingerprint density at radius 3 is 2.65 bits per heavy atom. The highest BCUT2D eigenvalue weighted by Crippen LogP contribution is 2.30. The summed E-state index contributed by atoms with van der Waals surface area (Å²) in [5.41, 5.74) is 1.37. The van der Waals surface area contributed by atoms with Gasteiger partial charge in [0.2, 0.25) is 0 Å². The van der Waals surface area contributed by atoms with Gasteiger partial charge in [0, 0.05) is 24.2 Å². The minimum atomic E-state index is 0. The average molecular weight is 305 g/mol. The van der Waals surface area contributed by atoms with Gasteiger partial charge in [-0.2, -0.15) is 11.8 Å². The molecule has 1 aromatic heterocycles. The van der Waals surface area contributed by atoms with E-state index < -0.39 is 0 Å². The van der Waals surface area contributed by atoms with E-state index in [1.54, 1.807) is 0 Å². The maximum Gasteiger partial charge on any atom is 0.0946 e. The van der Waals surface area contributed by atoms with Gasteiger partial charge in [-0.3, -0.25) is 0 Å². The number of nitrogens with zero attached hydrogens (tertiary/aromatic N) is 2. The lowest BCUT2D eigenvalue weighted by Gasteiger charge is -2.16. The number of halogens is 1. The minimum Gasteiger partial charge on any atom is -0.336 e. The van der Waals surface area contributed by atoms with Crippen molar-refractivity contribution in [3.05, 3.63) is 66.7 Å². The van der Waals surface area contributed by atoms with Gasteiger partial charge in [-0.05, 0) is 28.7 Å². The zero-order chi connectivity index (χ0) is 13.1. The summed E-state index contributed by atoms with van der Waals surface area (Å²) in [4.78, 5) is 4.11. The fourth-order valence-electron chi connectivity index (χ4n) is 2.31. The van der Waals surface area contributed by atoms with Crippen LogP contribution in [0.2, 0.25) is 0 Å². The molecule has 2 nitrogen and oxygen atoms in total. The SMILES string of the molecule is CSC(Cn1ccnc1)c1ccc2ccccc2c1.Cl. The lowest BCUT2D eigenvalue weighted by Crippen LogP contribution is -2.04. The molecule has 0 saturated carbocycles. The Kier molecular flexibility index (Phi) is 5.10. The Labute approximate surface area is 129 Å². The first-order chi connectivity index (χ1) is 9.36. The maximum atomic E-state index is 4.11. The van der Waals surface area contributed by atoms with Crippen molar-refractivity contribution in [2.24, 2.45) is 0 Å². The number of hydrogen-bond acceptors (Lipinski definition) is 2. The summed E-state index contributed by atoms with van der Waals surface area (Å²) in [7, 11) is 0. The third-order valence-electron chi connectivity index (χ3n) is 3.37. The molecule has 0 radical (unpaired) electrons. The Morgan fingerprint density at radius 2 is 1.95 bits per heavy atom. The molecule has 1 atom stereocenters. The third-order valence-corrected chi connectivity index (χ3v) is 4.36. The first-order valence-electron chi connectivity index (χ1n) is 6.34. The lowest BCUT2D eigenvalue weighted by molar-refractivity contribution is 0.685. The van der Waals surface area contributed by atoms with Crippen molar-refractivity contribution in [1.29, 1.82) is 0 Å². The van der Waals surface area contributed by atoms with Crippen LogP contribution in [-0.4, -0.2) is 15.8 Å². The third kappa shape index (κ3) is 3.17. The number of hydrogen-bond donors (Lipinski definition) is 0. The summed E-state index contributed by atoms with van der Waals surface area (Å²) in [5.74, 6) is 0. The Balaban J connectivity index is 0.00000147. The summed E-state index contributed by atoms with van der Waals surface area (Å²) in [6.45, 7) is 0.958. The van der Waals surface area contributed by atoms with E-state index in [1.165, 1.54) is 16.3 Å². The maximum absolute atomic E-state index is 4.11. The predicted molar refractivity (Wildman–Crippen MR) is 89.7 cm³/mol. The summed E-state index contributed by atoms with van der Waals surface area (Å²) < 4.78 is 2.14. The molecule has 104 valence electrons. The Morgan fingerprint density at radius 1 is 1.15 bits per heavy atom. The van der Waals surface area contributed by atoms with Crippen molar-refractivity contribution in [3.8, 4) is 0 Å². The zero-order valence-corrected chi connectivity index (χ0v) is 12.9. The van der Waals surface area contributed by atoms with Gasteiger partial charge < -0.3 is 4.57 Å². The van der Waals surface area contributed by atoms with Crippen LogP contribution in [0.5, 0.6) is 0 Å². The molecule has 0 N–H and O–H groups in total. The number of thioether (sulfide) groups is 1. The number of imidazole rings is 1. The number of aromatic nitrogens is 2. The van der Waals surface area contributed by atoms with Crippen LogP contribution in [0.1, 0.15) is 10.8 Å². The van der Waals surface area contributed by atoms with Crippen molar-refractivity contribution in [2.45, 2.75) is 11.8 Å². The van der Waals surface area contributed by atoms with Crippen LogP contribution in [0.15, 0.2) is 61.2 Å². The van der Waals surface area contributed by atoms with Gasteiger partial charge in [-0.25, -0.2) is 4.98 Å². The molecule has 0 fully saturated rings. The first-order valence-corrected chi connectivity index (χ1v) is 7.63. The molecular formula is C16H17ClN2S. The van der Waals surface area contributed by atoms with Gasteiger partial charge in [0.1, 0.15) is 0 Å². The van der Waals surface area contributed by atoms with Gasteiger partial charge in [-0.15, -0.1) is 12.4 Å². The molecule has 2 aromatic carbocycles. The average Bonchev–Trinajstić information content (AvgIpc) is 2.97. The van der Waals surface area contributed by atoms with Gasteiger partial charge in [-0.1, -0.05) is 36.4 Å². The molecule has 1 unspecified atom stereocenters. The van der Waals surface area contributed by atoms with Crippen LogP contribution in [0.3, 0.4) is 0 Å². The largest absolute Gasteiger partial charge is 0.336 e. The fourth-order valence-corrected chi connectivity index (χ4v) is 3.05. The van der Waals surface area contributed by atoms with Gasteiger partial charge in [0.05, 0.1) is 6.33 Å². The molecule has 0 aliphatic rings. The van der Waals surface area contributed by atoms with E-state index in [4.69, 9.17) is 0 Å². The molecule has 3 rings (SSSR count). The van der Waals surface area contributed by atoms with Crippen LogP contribution in [0, 0.1) is 0 Å². The quantitative estimate of drug-likeness (QED) is 0.703. The van der Waals surface area contributed by atoms with Crippen molar-refractivity contribution in [2.75, 3.05) is 6.26 Å². The summed E-state index contributed by atoms with van der Waals surface area (Å²) in [5, 5.41) is 3.07. The molecular weight excluding hydrogens is 288 g/mol. The molecule has 20 heavy (non-hydrogen) atoms. The molecule has 0 spiro atoms. The van der Waals surface area contributed by atoms with Gasteiger partial charge in [0.15, 0.2) is 0 Å². The van der Waals surface area contributed by atoms with E-state index in [9.17, 15) is 0 Å².